The van der Waals surface area contributed by atoms with E-state index in [1.807, 2.05) is 30.3 Å². The molecule has 0 amide bonds. The van der Waals surface area contributed by atoms with E-state index in [9.17, 15) is 9.59 Å². The molecule has 0 N–H and O–H groups in total. The molecule has 0 fully saturated rings. The number of carbonyl (C=O) groups is 2. The van der Waals surface area contributed by atoms with Crippen molar-refractivity contribution in [1.29, 1.82) is 0 Å². The van der Waals surface area contributed by atoms with Gasteiger partial charge in [-0.3, -0.25) is 4.79 Å². The highest BCUT2D eigenvalue weighted by Gasteiger charge is 2.12. The smallest absolute Gasteiger partial charge is 0.338 e. The van der Waals surface area contributed by atoms with Gasteiger partial charge in [0.15, 0.2) is 12.4 Å². The lowest BCUT2D eigenvalue weighted by molar-refractivity contribution is 0.0475. The Balaban J connectivity index is 1.66. The quantitative estimate of drug-likeness (QED) is 0.529. The second-order valence-corrected chi connectivity index (χ2v) is 5.29. The molecular weight excluding hydrogens is 304 g/mol. The molecule has 3 aromatic carbocycles. The highest BCUT2D eigenvalue weighted by atomic mass is 16.5. The largest absolute Gasteiger partial charge is 0.497 e. The summed E-state index contributed by atoms with van der Waals surface area (Å²) in [7, 11) is 1.55. The molecule has 3 aromatic rings. The van der Waals surface area contributed by atoms with Gasteiger partial charge >= 0.3 is 5.97 Å². The number of rotatable bonds is 5. The van der Waals surface area contributed by atoms with Gasteiger partial charge in [-0.1, -0.05) is 36.4 Å². The highest BCUT2D eigenvalue weighted by molar-refractivity contribution is 6.02. The monoisotopic (exact) mass is 320 g/mol. The van der Waals surface area contributed by atoms with Gasteiger partial charge in [0.25, 0.3) is 0 Å². The Morgan fingerprint density at radius 3 is 2.21 bits per heavy atom. The maximum absolute atomic E-state index is 12.2. The SMILES string of the molecule is COc1ccc(C(=O)OCC(=O)c2ccc3ccccc3c2)cc1. The molecule has 24 heavy (non-hydrogen) atoms. The third-order valence-electron chi connectivity index (χ3n) is 3.73. The zero-order valence-corrected chi connectivity index (χ0v) is 13.2. The van der Waals surface area contributed by atoms with Crippen LogP contribution in [-0.4, -0.2) is 25.5 Å². The van der Waals surface area contributed by atoms with E-state index in [0.717, 1.165) is 10.8 Å². The second kappa shape index (κ2) is 6.96. The zero-order chi connectivity index (χ0) is 16.9. The number of esters is 1. The Morgan fingerprint density at radius 1 is 0.833 bits per heavy atom. The molecule has 0 saturated heterocycles. The fourth-order valence-corrected chi connectivity index (χ4v) is 2.39. The van der Waals surface area contributed by atoms with Crippen LogP contribution in [0.5, 0.6) is 5.75 Å². The van der Waals surface area contributed by atoms with E-state index in [1.165, 1.54) is 0 Å². The molecule has 0 aliphatic heterocycles. The number of hydrogen-bond donors (Lipinski definition) is 0. The van der Waals surface area contributed by atoms with Gasteiger partial charge < -0.3 is 9.47 Å². The van der Waals surface area contributed by atoms with Crippen LogP contribution in [0.2, 0.25) is 0 Å². The molecule has 0 heterocycles. The van der Waals surface area contributed by atoms with Crippen molar-refractivity contribution in [3.63, 3.8) is 0 Å². The number of carbonyl (C=O) groups excluding carboxylic acids is 2. The molecule has 4 nitrogen and oxygen atoms in total. The molecule has 0 aliphatic rings. The lowest BCUT2D eigenvalue weighted by Crippen LogP contribution is -2.14. The van der Waals surface area contributed by atoms with E-state index >= 15 is 0 Å². The molecule has 3 rings (SSSR count). The molecule has 0 radical (unpaired) electrons. The van der Waals surface area contributed by atoms with Gasteiger partial charge in [-0.25, -0.2) is 4.79 Å². The van der Waals surface area contributed by atoms with Crippen molar-refractivity contribution >= 4 is 22.5 Å². The summed E-state index contributed by atoms with van der Waals surface area (Å²) in [5.74, 6) is -0.117. The number of ketones is 1. The third kappa shape index (κ3) is 3.43. The summed E-state index contributed by atoms with van der Waals surface area (Å²) in [6, 6.07) is 19.7. The summed E-state index contributed by atoms with van der Waals surface area (Å²) in [5.41, 5.74) is 0.901. The summed E-state index contributed by atoms with van der Waals surface area (Å²) >= 11 is 0. The van der Waals surface area contributed by atoms with Crippen LogP contribution >= 0.6 is 0 Å². The van der Waals surface area contributed by atoms with Crippen LogP contribution in [-0.2, 0) is 4.74 Å². The van der Waals surface area contributed by atoms with Crippen molar-refractivity contribution in [2.75, 3.05) is 13.7 Å². The van der Waals surface area contributed by atoms with Crippen LogP contribution in [0.1, 0.15) is 20.7 Å². The van der Waals surface area contributed by atoms with Gasteiger partial charge in [-0.2, -0.15) is 0 Å². The second-order valence-electron chi connectivity index (χ2n) is 5.29. The van der Waals surface area contributed by atoms with Gasteiger partial charge in [0.05, 0.1) is 12.7 Å². The summed E-state index contributed by atoms with van der Waals surface area (Å²) in [6.45, 7) is -0.288. The van der Waals surface area contributed by atoms with E-state index in [4.69, 9.17) is 9.47 Å². The van der Waals surface area contributed by atoms with E-state index in [-0.39, 0.29) is 12.4 Å². The van der Waals surface area contributed by atoms with Crippen LogP contribution in [0.3, 0.4) is 0 Å². The predicted molar refractivity (Wildman–Crippen MR) is 91.6 cm³/mol. The first kappa shape index (κ1) is 15.7. The van der Waals surface area contributed by atoms with Gasteiger partial charge in [0.2, 0.25) is 0 Å². The molecule has 0 unspecified atom stereocenters. The molecule has 0 aliphatic carbocycles. The molecule has 0 aromatic heterocycles. The zero-order valence-electron chi connectivity index (χ0n) is 13.2. The van der Waals surface area contributed by atoms with Crippen LogP contribution in [0.15, 0.2) is 66.7 Å². The number of hydrogen-bond acceptors (Lipinski definition) is 4. The van der Waals surface area contributed by atoms with Crippen molar-refractivity contribution in [3.8, 4) is 5.75 Å². The Hall–Kier alpha value is -3.14. The number of benzene rings is 3. The van der Waals surface area contributed by atoms with E-state index in [0.29, 0.717) is 16.9 Å². The van der Waals surface area contributed by atoms with Crippen molar-refractivity contribution in [2.45, 2.75) is 0 Å². The standard InChI is InChI=1S/C20H16O4/c1-23-18-10-8-15(9-11-18)20(22)24-13-19(21)17-7-6-14-4-2-3-5-16(14)12-17/h2-12H,13H2,1H3. The van der Waals surface area contributed by atoms with E-state index in [2.05, 4.69) is 0 Å². The summed E-state index contributed by atoms with van der Waals surface area (Å²) in [4.78, 5) is 24.2. The molecule has 4 heteroatoms. The van der Waals surface area contributed by atoms with Crippen LogP contribution in [0.25, 0.3) is 10.8 Å². The topological polar surface area (TPSA) is 52.6 Å². The fourth-order valence-electron chi connectivity index (χ4n) is 2.39. The maximum atomic E-state index is 12.2. The van der Waals surface area contributed by atoms with Crippen LogP contribution in [0.4, 0.5) is 0 Å². The highest BCUT2D eigenvalue weighted by Crippen LogP contribution is 2.16. The summed E-state index contributed by atoms with van der Waals surface area (Å²) in [5, 5.41) is 2.04. The fraction of sp³-hybridized carbons (Fsp3) is 0.100. The molecule has 120 valence electrons. The average Bonchev–Trinajstić information content (AvgIpc) is 2.65. The van der Waals surface area contributed by atoms with Gasteiger partial charge in [-0.05, 0) is 41.1 Å². The Morgan fingerprint density at radius 2 is 1.50 bits per heavy atom. The number of ether oxygens (including phenoxy) is 2. The Labute approximate surface area is 139 Å². The number of Topliss-reactive ketones (excluding diaryl/α,β-unsaturated/α-hetero) is 1. The van der Waals surface area contributed by atoms with Crippen molar-refractivity contribution in [1.82, 2.24) is 0 Å². The Kier molecular flexibility index (Phi) is 4.57. The van der Waals surface area contributed by atoms with E-state index in [1.54, 1.807) is 43.5 Å². The minimum Gasteiger partial charge on any atom is -0.497 e. The molecule has 0 saturated carbocycles. The minimum absolute atomic E-state index is 0.234. The summed E-state index contributed by atoms with van der Waals surface area (Å²) < 4.78 is 10.1. The minimum atomic E-state index is -0.535. The van der Waals surface area contributed by atoms with Crippen molar-refractivity contribution < 1.29 is 19.1 Å². The maximum Gasteiger partial charge on any atom is 0.338 e. The third-order valence-corrected chi connectivity index (χ3v) is 3.73. The first-order chi connectivity index (χ1) is 11.7. The van der Waals surface area contributed by atoms with Gasteiger partial charge in [-0.15, -0.1) is 0 Å². The Bertz CT molecular complexity index is 882. The predicted octanol–water partition coefficient (Wildman–Crippen LogP) is 3.89. The number of fused-ring (bicyclic) bond motifs is 1. The molecular formula is C20H16O4. The van der Waals surface area contributed by atoms with E-state index < -0.39 is 5.97 Å². The lowest BCUT2D eigenvalue weighted by atomic mass is 10.0. The van der Waals surface area contributed by atoms with Gasteiger partial charge in [0, 0.05) is 5.56 Å². The van der Waals surface area contributed by atoms with Crippen molar-refractivity contribution in [3.05, 3.63) is 77.9 Å². The average molecular weight is 320 g/mol. The molecule has 0 atom stereocenters. The first-order valence-electron chi connectivity index (χ1n) is 7.50. The lowest BCUT2D eigenvalue weighted by Gasteiger charge is -2.06. The molecule has 0 spiro atoms. The molecule has 0 bridgehead atoms. The van der Waals surface area contributed by atoms with Crippen molar-refractivity contribution in [2.24, 2.45) is 0 Å². The normalized spacial score (nSPS) is 10.4. The first-order valence-corrected chi connectivity index (χ1v) is 7.50. The summed E-state index contributed by atoms with van der Waals surface area (Å²) in [6.07, 6.45) is 0. The van der Waals surface area contributed by atoms with Gasteiger partial charge in [0.1, 0.15) is 5.75 Å². The number of methoxy groups -OCH3 is 1. The van der Waals surface area contributed by atoms with Crippen LogP contribution in [0, 0.1) is 0 Å². The van der Waals surface area contributed by atoms with Crippen LogP contribution < -0.4 is 4.74 Å².